The van der Waals surface area contributed by atoms with E-state index in [-0.39, 0.29) is 24.7 Å². The van der Waals surface area contributed by atoms with E-state index in [4.69, 9.17) is 5.11 Å². The lowest BCUT2D eigenvalue weighted by Gasteiger charge is -2.12. The molecule has 0 aliphatic rings. The van der Waals surface area contributed by atoms with E-state index >= 15 is 0 Å². The number of rotatable bonds is 7. The first-order valence-electron chi connectivity index (χ1n) is 6.27. The summed E-state index contributed by atoms with van der Waals surface area (Å²) in [4.78, 5) is 22.4. The van der Waals surface area contributed by atoms with Crippen molar-refractivity contribution in [3.8, 4) is 0 Å². The fourth-order valence-electron chi connectivity index (χ4n) is 1.87. The van der Waals surface area contributed by atoms with Gasteiger partial charge in [0.15, 0.2) is 0 Å². The zero-order chi connectivity index (χ0) is 14.3. The molecule has 0 fully saturated rings. The predicted octanol–water partition coefficient (Wildman–Crippen LogP) is 1.85. The minimum Gasteiger partial charge on any atom is -0.481 e. The summed E-state index contributed by atoms with van der Waals surface area (Å²) in [6.07, 6.45) is 0.214. The molecule has 1 aromatic carbocycles. The Morgan fingerprint density at radius 3 is 2.58 bits per heavy atom. The zero-order valence-corrected chi connectivity index (χ0v) is 11.3. The highest BCUT2D eigenvalue weighted by Crippen LogP contribution is 2.16. The Balaban J connectivity index is 2.59. The van der Waals surface area contributed by atoms with E-state index in [1.54, 1.807) is 6.92 Å². The van der Waals surface area contributed by atoms with Crippen LogP contribution in [0.25, 0.3) is 0 Å². The number of benzene rings is 1. The quantitative estimate of drug-likeness (QED) is 0.702. The van der Waals surface area contributed by atoms with E-state index in [0.29, 0.717) is 6.54 Å². The van der Waals surface area contributed by atoms with Gasteiger partial charge in [0.05, 0.1) is 0 Å². The lowest BCUT2D eigenvalue weighted by Crippen LogP contribution is -2.18. The van der Waals surface area contributed by atoms with Crippen molar-refractivity contribution in [3.05, 3.63) is 29.8 Å². The number of carbonyl (C=O) groups excluding carboxylic acids is 1. The largest absolute Gasteiger partial charge is 0.481 e. The normalized spacial score (nSPS) is 11.9. The number of aliphatic carboxylic acids is 1. The van der Waals surface area contributed by atoms with Crippen molar-refractivity contribution in [2.24, 2.45) is 5.92 Å². The Morgan fingerprint density at radius 1 is 1.26 bits per heavy atom. The number of anilines is 1. The van der Waals surface area contributed by atoms with Crippen molar-refractivity contribution in [1.82, 2.24) is 5.32 Å². The summed E-state index contributed by atoms with van der Waals surface area (Å²) in [6, 6.07) is 7.55. The van der Waals surface area contributed by atoms with Crippen molar-refractivity contribution in [2.45, 2.75) is 26.3 Å². The standard InChI is InChI=1S/C14H20N2O3/c1-10(8-14(18)19)7-13(17)16-12-6-4-3-5-11(12)9-15-2/h3-6,10,15H,7-9H2,1-2H3,(H,16,17)(H,18,19). The highest BCUT2D eigenvalue weighted by Gasteiger charge is 2.13. The molecule has 0 saturated heterocycles. The van der Waals surface area contributed by atoms with Gasteiger partial charge in [0.2, 0.25) is 5.91 Å². The van der Waals surface area contributed by atoms with Crippen LogP contribution in [0.1, 0.15) is 25.3 Å². The number of hydrogen-bond acceptors (Lipinski definition) is 3. The number of carbonyl (C=O) groups is 2. The van der Waals surface area contributed by atoms with Crippen molar-refractivity contribution in [1.29, 1.82) is 0 Å². The number of hydrogen-bond donors (Lipinski definition) is 3. The molecule has 0 saturated carbocycles. The number of para-hydroxylation sites is 1. The van der Waals surface area contributed by atoms with Crippen molar-refractivity contribution >= 4 is 17.6 Å². The Hall–Kier alpha value is -1.88. The maximum absolute atomic E-state index is 11.8. The van der Waals surface area contributed by atoms with E-state index in [1.165, 1.54) is 0 Å². The summed E-state index contributed by atoms with van der Waals surface area (Å²) in [5, 5.41) is 14.5. The SMILES string of the molecule is CNCc1ccccc1NC(=O)CC(C)CC(=O)O. The van der Waals surface area contributed by atoms with E-state index in [2.05, 4.69) is 10.6 Å². The van der Waals surface area contributed by atoms with Crippen LogP contribution in [0.4, 0.5) is 5.69 Å². The minimum atomic E-state index is -0.879. The van der Waals surface area contributed by atoms with Crippen molar-refractivity contribution in [3.63, 3.8) is 0 Å². The number of carboxylic acid groups (broad SMARTS) is 1. The Bertz CT molecular complexity index is 446. The third-order valence-electron chi connectivity index (χ3n) is 2.72. The highest BCUT2D eigenvalue weighted by atomic mass is 16.4. The molecule has 0 spiro atoms. The lowest BCUT2D eigenvalue weighted by atomic mass is 10.0. The molecule has 0 bridgehead atoms. The molecule has 0 heterocycles. The third kappa shape index (κ3) is 5.52. The molecule has 0 radical (unpaired) electrons. The van der Waals surface area contributed by atoms with Crippen LogP contribution < -0.4 is 10.6 Å². The van der Waals surface area contributed by atoms with Crippen LogP contribution in [0.3, 0.4) is 0 Å². The summed E-state index contributed by atoms with van der Waals surface area (Å²) in [6.45, 7) is 2.42. The van der Waals surface area contributed by atoms with Gasteiger partial charge >= 0.3 is 5.97 Å². The topological polar surface area (TPSA) is 78.4 Å². The van der Waals surface area contributed by atoms with Crippen LogP contribution in [-0.4, -0.2) is 24.0 Å². The van der Waals surface area contributed by atoms with Gasteiger partial charge in [-0.3, -0.25) is 9.59 Å². The molecular weight excluding hydrogens is 244 g/mol. The maximum atomic E-state index is 11.8. The lowest BCUT2D eigenvalue weighted by molar-refractivity contribution is -0.138. The van der Waals surface area contributed by atoms with Gasteiger partial charge in [-0.05, 0) is 24.6 Å². The Labute approximate surface area is 113 Å². The predicted molar refractivity (Wildman–Crippen MR) is 73.9 cm³/mol. The van der Waals surface area contributed by atoms with Gasteiger partial charge in [0.1, 0.15) is 0 Å². The van der Waals surface area contributed by atoms with E-state index in [9.17, 15) is 9.59 Å². The van der Waals surface area contributed by atoms with E-state index < -0.39 is 5.97 Å². The van der Waals surface area contributed by atoms with Gasteiger partial charge in [-0.1, -0.05) is 25.1 Å². The Kier molecular flexibility index (Phi) is 6.02. The second-order valence-electron chi connectivity index (χ2n) is 4.64. The first-order chi connectivity index (χ1) is 9.02. The summed E-state index contributed by atoms with van der Waals surface area (Å²) in [7, 11) is 1.84. The molecule has 1 unspecified atom stereocenters. The number of nitrogens with one attached hydrogen (secondary N) is 2. The van der Waals surface area contributed by atoms with E-state index in [1.807, 2.05) is 31.3 Å². The molecule has 0 aromatic heterocycles. The van der Waals surface area contributed by atoms with Gasteiger partial charge in [0.25, 0.3) is 0 Å². The molecular formula is C14H20N2O3. The van der Waals surface area contributed by atoms with Gasteiger partial charge in [-0.2, -0.15) is 0 Å². The molecule has 104 valence electrons. The molecule has 1 amide bonds. The summed E-state index contributed by atoms with van der Waals surface area (Å²) < 4.78 is 0. The van der Waals surface area contributed by atoms with Gasteiger partial charge in [0, 0.05) is 25.1 Å². The smallest absolute Gasteiger partial charge is 0.303 e. The van der Waals surface area contributed by atoms with Gasteiger partial charge in [-0.15, -0.1) is 0 Å². The molecule has 0 aliphatic heterocycles. The van der Waals surface area contributed by atoms with Crippen LogP contribution in [-0.2, 0) is 16.1 Å². The average molecular weight is 264 g/mol. The Morgan fingerprint density at radius 2 is 1.95 bits per heavy atom. The molecule has 1 rings (SSSR count). The van der Waals surface area contributed by atoms with Gasteiger partial charge in [-0.25, -0.2) is 0 Å². The maximum Gasteiger partial charge on any atom is 0.303 e. The second-order valence-corrected chi connectivity index (χ2v) is 4.64. The van der Waals surface area contributed by atoms with Crippen LogP contribution in [0.15, 0.2) is 24.3 Å². The van der Waals surface area contributed by atoms with E-state index in [0.717, 1.165) is 11.3 Å². The first-order valence-corrected chi connectivity index (χ1v) is 6.27. The average Bonchev–Trinajstić information content (AvgIpc) is 2.30. The third-order valence-corrected chi connectivity index (χ3v) is 2.72. The monoisotopic (exact) mass is 264 g/mol. The molecule has 1 aromatic rings. The van der Waals surface area contributed by atoms with Crippen LogP contribution in [0.5, 0.6) is 0 Å². The summed E-state index contributed by atoms with van der Waals surface area (Å²) in [5.41, 5.74) is 1.77. The number of amides is 1. The van der Waals surface area contributed by atoms with Crippen molar-refractivity contribution < 1.29 is 14.7 Å². The molecule has 5 heteroatoms. The van der Waals surface area contributed by atoms with Gasteiger partial charge < -0.3 is 15.7 Å². The van der Waals surface area contributed by atoms with Crippen LogP contribution in [0.2, 0.25) is 0 Å². The minimum absolute atomic E-state index is 0.00554. The molecule has 19 heavy (non-hydrogen) atoms. The zero-order valence-electron chi connectivity index (χ0n) is 11.3. The number of carboxylic acids is 1. The van der Waals surface area contributed by atoms with Crippen LogP contribution in [0, 0.1) is 5.92 Å². The first kappa shape index (κ1) is 15.2. The fraction of sp³-hybridized carbons (Fsp3) is 0.429. The molecule has 0 aliphatic carbocycles. The fourth-order valence-corrected chi connectivity index (χ4v) is 1.87. The summed E-state index contributed by atoms with van der Waals surface area (Å²) >= 11 is 0. The second kappa shape index (κ2) is 7.53. The molecule has 1 atom stereocenters. The van der Waals surface area contributed by atoms with Crippen LogP contribution >= 0.6 is 0 Å². The molecule has 5 nitrogen and oxygen atoms in total. The molecule has 3 N–H and O–H groups in total. The summed E-state index contributed by atoms with van der Waals surface area (Å²) in [5.74, 6) is -1.21. The highest BCUT2D eigenvalue weighted by molar-refractivity contribution is 5.91. The van der Waals surface area contributed by atoms with Crippen molar-refractivity contribution in [2.75, 3.05) is 12.4 Å².